The van der Waals surface area contributed by atoms with Crippen molar-refractivity contribution in [3.63, 3.8) is 0 Å². The van der Waals surface area contributed by atoms with Crippen LogP contribution in [0.2, 0.25) is 0 Å². The zero-order chi connectivity index (χ0) is 25.9. The molecular weight excluding hydrogens is 474 g/mol. The molecule has 5 rings (SSSR count). The molecule has 3 aromatic carbocycles. The van der Waals surface area contributed by atoms with Crippen LogP contribution in [0.3, 0.4) is 0 Å². The Kier molecular flexibility index (Phi) is 6.90. The number of anilines is 2. The average molecular weight is 503 g/mol. The molecule has 4 aromatic rings. The fourth-order valence-electron chi connectivity index (χ4n) is 4.55. The summed E-state index contributed by atoms with van der Waals surface area (Å²) in [5.74, 6) is -2.51. The Morgan fingerprint density at radius 3 is 2.27 bits per heavy atom. The van der Waals surface area contributed by atoms with Gasteiger partial charge in [-0.25, -0.2) is 8.78 Å². The van der Waals surface area contributed by atoms with Crippen LogP contribution >= 0.6 is 0 Å². The van der Waals surface area contributed by atoms with Crippen LogP contribution in [0, 0.1) is 11.6 Å². The van der Waals surface area contributed by atoms with Gasteiger partial charge < -0.3 is 20.9 Å². The highest BCUT2D eigenvalue weighted by atomic mass is 19.1. The first-order valence-electron chi connectivity index (χ1n) is 12.4. The number of nitrogens with two attached hydrogens (primary N) is 1. The number of hydrogen-bond donors (Lipinski definition) is 3. The Labute approximate surface area is 213 Å². The zero-order valence-corrected chi connectivity index (χ0v) is 20.3. The van der Waals surface area contributed by atoms with Crippen LogP contribution < -0.4 is 21.8 Å². The number of aromatic nitrogens is 1. The van der Waals surface area contributed by atoms with Gasteiger partial charge in [0.05, 0.1) is 16.6 Å². The Bertz CT molecular complexity index is 1500. The lowest BCUT2D eigenvalue weighted by molar-refractivity contribution is 0.0949. The highest BCUT2D eigenvalue weighted by Crippen LogP contribution is 2.40. The molecule has 0 unspecified atom stereocenters. The molecule has 6 nitrogen and oxygen atoms in total. The van der Waals surface area contributed by atoms with Crippen molar-refractivity contribution in [1.29, 1.82) is 0 Å². The van der Waals surface area contributed by atoms with Crippen LogP contribution in [0.4, 0.5) is 20.2 Å². The molecule has 1 aromatic heterocycles. The number of carbonyl (C=O) groups is 1. The van der Waals surface area contributed by atoms with Crippen molar-refractivity contribution in [2.75, 3.05) is 17.6 Å². The van der Waals surface area contributed by atoms with Crippen molar-refractivity contribution in [3.05, 3.63) is 105 Å². The first-order chi connectivity index (χ1) is 18.0. The minimum Gasteiger partial charge on any atom is -0.396 e. The molecule has 1 aliphatic carbocycles. The summed E-state index contributed by atoms with van der Waals surface area (Å²) in [6.45, 7) is 0.534. The number of rotatable bonds is 9. The molecule has 1 saturated carbocycles. The molecule has 0 radical (unpaired) electrons. The standard InChI is InChI=1S/C29H28F2N4O2/c30-23-25(32)22-27(24(31)26(23)33-15-7-12-18-8-3-1-4-9-18)35(20-13-14-20)17-21(28(22)36)29(37)34-16-19-10-5-2-6-11-19/h1-6,8-11,17,20,33H,7,12-16,32H2,(H,34,37). The van der Waals surface area contributed by atoms with Crippen LogP contribution in [0.15, 0.2) is 71.7 Å². The number of nitrogen functional groups attached to an aromatic ring is 1. The average Bonchev–Trinajstić information content (AvgIpc) is 3.76. The summed E-state index contributed by atoms with van der Waals surface area (Å²) >= 11 is 0. The molecule has 1 amide bonds. The number of fused-ring (bicyclic) bond motifs is 1. The van der Waals surface area contributed by atoms with Gasteiger partial charge >= 0.3 is 0 Å². The zero-order valence-electron chi connectivity index (χ0n) is 20.3. The van der Waals surface area contributed by atoms with Gasteiger partial charge in [-0.2, -0.15) is 0 Å². The van der Waals surface area contributed by atoms with Crippen LogP contribution in [0.25, 0.3) is 10.9 Å². The summed E-state index contributed by atoms with van der Waals surface area (Å²) in [6.07, 6.45) is 4.30. The third-order valence-electron chi connectivity index (χ3n) is 6.66. The van der Waals surface area contributed by atoms with Crippen molar-refractivity contribution in [1.82, 2.24) is 9.88 Å². The second-order valence-corrected chi connectivity index (χ2v) is 9.33. The molecule has 190 valence electrons. The third-order valence-corrected chi connectivity index (χ3v) is 6.66. The number of halogens is 2. The minimum absolute atomic E-state index is 0.0726. The summed E-state index contributed by atoms with van der Waals surface area (Å²) < 4.78 is 32.6. The Morgan fingerprint density at radius 2 is 1.62 bits per heavy atom. The fraction of sp³-hybridized carbons (Fsp3) is 0.241. The first-order valence-corrected chi connectivity index (χ1v) is 12.4. The number of hydrogen-bond acceptors (Lipinski definition) is 4. The maximum atomic E-state index is 15.8. The van der Waals surface area contributed by atoms with Gasteiger partial charge in [0.25, 0.3) is 5.91 Å². The molecule has 0 bridgehead atoms. The van der Waals surface area contributed by atoms with Crippen molar-refractivity contribution in [2.45, 2.75) is 38.3 Å². The lowest BCUT2D eigenvalue weighted by Gasteiger charge is -2.18. The maximum Gasteiger partial charge on any atom is 0.257 e. The molecule has 4 N–H and O–H groups in total. The largest absolute Gasteiger partial charge is 0.396 e. The van der Waals surface area contributed by atoms with E-state index >= 15 is 8.78 Å². The van der Waals surface area contributed by atoms with Crippen LogP contribution in [-0.4, -0.2) is 17.0 Å². The van der Waals surface area contributed by atoms with Crippen molar-refractivity contribution in [3.8, 4) is 0 Å². The topological polar surface area (TPSA) is 89.2 Å². The molecule has 0 atom stereocenters. The Hall–Kier alpha value is -4.20. The number of amides is 1. The predicted octanol–water partition coefficient (Wildman–Crippen LogP) is 5.17. The van der Waals surface area contributed by atoms with Gasteiger partial charge in [-0.3, -0.25) is 9.59 Å². The van der Waals surface area contributed by atoms with E-state index < -0.39 is 28.7 Å². The van der Waals surface area contributed by atoms with E-state index in [1.807, 2.05) is 60.7 Å². The van der Waals surface area contributed by atoms with E-state index in [1.165, 1.54) is 6.20 Å². The molecule has 37 heavy (non-hydrogen) atoms. The quantitative estimate of drug-likeness (QED) is 0.218. The van der Waals surface area contributed by atoms with Crippen molar-refractivity contribution < 1.29 is 13.6 Å². The van der Waals surface area contributed by atoms with Gasteiger partial charge in [0, 0.05) is 25.3 Å². The molecule has 0 spiro atoms. The van der Waals surface area contributed by atoms with E-state index in [2.05, 4.69) is 10.6 Å². The maximum absolute atomic E-state index is 15.8. The van der Waals surface area contributed by atoms with Gasteiger partial charge in [-0.1, -0.05) is 60.7 Å². The highest BCUT2D eigenvalue weighted by molar-refractivity contribution is 6.01. The Balaban J connectivity index is 1.46. The molecule has 8 heteroatoms. The summed E-state index contributed by atoms with van der Waals surface area (Å²) in [5.41, 5.74) is 6.21. The van der Waals surface area contributed by atoms with E-state index in [9.17, 15) is 9.59 Å². The van der Waals surface area contributed by atoms with E-state index in [1.54, 1.807) is 4.57 Å². The smallest absolute Gasteiger partial charge is 0.257 e. The van der Waals surface area contributed by atoms with E-state index in [0.29, 0.717) is 13.0 Å². The molecule has 1 aliphatic rings. The number of pyridine rings is 1. The van der Waals surface area contributed by atoms with E-state index in [-0.39, 0.29) is 34.7 Å². The lowest BCUT2D eigenvalue weighted by Crippen LogP contribution is -2.30. The number of nitrogens with one attached hydrogen (secondary N) is 2. The van der Waals surface area contributed by atoms with Crippen molar-refractivity contribution >= 4 is 28.2 Å². The van der Waals surface area contributed by atoms with Gasteiger partial charge in [-0.15, -0.1) is 0 Å². The van der Waals surface area contributed by atoms with Crippen LogP contribution in [0.1, 0.15) is 46.8 Å². The molecule has 1 fully saturated rings. The number of aryl methyl sites for hydroxylation is 1. The normalized spacial score (nSPS) is 13.0. The second-order valence-electron chi connectivity index (χ2n) is 9.33. The number of carbonyl (C=O) groups excluding carboxylic acids is 1. The minimum atomic E-state index is -1.02. The van der Waals surface area contributed by atoms with E-state index in [0.717, 1.165) is 30.4 Å². The Morgan fingerprint density at radius 1 is 0.973 bits per heavy atom. The number of nitrogens with zero attached hydrogens (tertiary/aromatic N) is 1. The van der Waals surface area contributed by atoms with Gasteiger partial charge in [-0.05, 0) is 36.8 Å². The van der Waals surface area contributed by atoms with Crippen molar-refractivity contribution in [2.24, 2.45) is 0 Å². The monoisotopic (exact) mass is 502 g/mol. The second kappa shape index (κ2) is 10.4. The summed E-state index contributed by atoms with van der Waals surface area (Å²) in [4.78, 5) is 26.3. The third kappa shape index (κ3) is 5.05. The molecule has 0 saturated heterocycles. The summed E-state index contributed by atoms with van der Waals surface area (Å²) in [7, 11) is 0. The molecule has 1 heterocycles. The SMILES string of the molecule is Nc1c(F)c(NCCCc2ccccc2)c(F)c2c1c(=O)c(C(=O)NCc1ccccc1)cn2C1CC1. The fourth-order valence-corrected chi connectivity index (χ4v) is 4.55. The summed E-state index contributed by atoms with van der Waals surface area (Å²) in [5, 5.41) is 5.26. The highest BCUT2D eigenvalue weighted by Gasteiger charge is 2.31. The van der Waals surface area contributed by atoms with Crippen LogP contribution in [0.5, 0.6) is 0 Å². The predicted molar refractivity (Wildman–Crippen MR) is 142 cm³/mol. The van der Waals surface area contributed by atoms with Crippen LogP contribution in [-0.2, 0) is 13.0 Å². The number of benzene rings is 3. The van der Waals surface area contributed by atoms with Gasteiger partial charge in [0.2, 0.25) is 5.43 Å². The lowest BCUT2D eigenvalue weighted by atomic mass is 10.1. The van der Waals surface area contributed by atoms with Gasteiger partial charge in [0.15, 0.2) is 11.6 Å². The summed E-state index contributed by atoms with van der Waals surface area (Å²) in [6, 6.07) is 19.0. The van der Waals surface area contributed by atoms with Gasteiger partial charge in [0.1, 0.15) is 11.3 Å². The molecular formula is C29H28F2N4O2. The molecule has 0 aliphatic heterocycles. The first kappa shape index (κ1) is 24.5. The van der Waals surface area contributed by atoms with E-state index in [4.69, 9.17) is 5.73 Å².